The predicted molar refractivity (Wildman–Crippen MR) is 124 cm³/mol. The molecule has 6 atom stereocenters. The number of nitrogens with two attached hydrogens (primary N) is 1. The van der Waals surface area contributed by atoms with Crippen molar-refractivity contribution in [3.63, 3.8) is 0 Å². The normalized spacial score (nSPS) is 17.1. The van der Waals surface area contributed by atoms with Crippen molar-refractivity contribution in [3.8, 4) is 0 Å². The van der Waals surface area contributed by atoms with E-state index in [1.54, 1.807) is 6.92 Å². The van der Waals surface area contributed by atoms with Gasteiger partial charge in [0, 0.05) is 5.75 Å². The summed E-state index contributed by atoms with van der Waals surface area (Å²) in [7, 11) is 0. The van der Waals surface area contributed by atoms with Crippen LogP contribution >= 0.6 is 12.6 Å². The van der Waals surface area contributed by atoms with E-state index in [1.807, 2.05) is 34.6 Å². The van der Waals surface area contributed by atoms with Crippen LogP contribution in [0.2, 0.25) is 0 Å². The fourth-order valence-electron chi connectivity index (χ4n) is 2.89. The third-order valence-corrected chi connectivity index (χ3v) is 5.86. The Morgan fingerprint density at radius 1 is 0.839 bits per heavy atom. The monoisotopic (exact) mass is 460 g/mol. The third kappa shape index (κ3) is 9.90. The zero-order chi connectivity index (χ0) is 24.3. The Bertz CT molecular complexity index is 617. The predicted octanol–water partition coefficient (Wildman–Crippen LogP) is 0.921. The average Bonchev–Trinajstić information content (AvgIpc) is 2.72. The summed E-state index contributed by atoms with van der Waals surface area (Å²) in [5.74, 6) is -3.00. The molecule has 31 heavy (non-hydrogen) atoms. The number of carboxylic acids is 1. The summed E-state index contributed by atoms with van der Waals surface area (Å²) in [4.78, 5) is 49.5. The first-order chi connectivity index (χ1) is 14.4. The fourth-order valence-corrected chi connectivity index (χ4v) is 3.13. The van der Waals surface area contributed by atoms with Gasteiger partial charge in [-0.05, 0) is 24.2 Å². The Balaban J connectivity index is 5.51. The molecular weight excluding hydrogens is 420 g/mol. The Morgan fingerprint density at radius 3 is 1.77 bits per heavy atom. The number of carbonyl (C=O) groups excluding carboxylic acids is 3. The summed E-state index contributed by atoms with van der Waals surface area (Å²) in [6, 6.07) is -3.72. The molecular formula is C21H40N4O5S. The van der Waals surface area contributed by atoms with Gasteiger partial charge in [0.25, 0.3) is 0 Å². The van der Waals surface area contributed by atoms with Crippen molar-refractivity contribution < 1.29 is 24.3 Å². The van der Waals surface area contributed by atoms with Gasteiger partial charge in [-0.2, -0.15) is 12.6 Å². The Morgan fingerprint density at radius 2 is 1.35 bits per heavy atom. The molecule has 0 bridgehead atoms. The number of aliphatic carboxylic acids is 1. The first kappa shape index (κ1) is 29.2. The van der Waals surface area contributed by atoms with Crippen molar-refractivity contribution in [2.75, 3.05) is 5.75 Å². The topological polar surface area (TPSA) is 151 Å². The van der Waals surface area contributed by atoms with Crippen molar-refractivity contribution in [1.29, 1.82) is 0 Å². The number of nitrogens with one attached hydrogen (secondary N) is 3. The largest absolute Gasteiger partial charge is 0.480 e. The Labute approximate surface area is 191 Å². The molecule has 0 spiro atoms. The van der Waals surface area contributed by atoms with Crippen molar-refractivity contribution in [1.82, 2.24) is 16.0 Å². The van der Waals surface area contributed by atoms with Crippen LogP contribution in [0.25, 0.3) is 0 Å². The summed E-state index contributed by atoms with van der Waals surface area (Å²) in [5.41, 5.74) is 6.00. The van der Waals surface area contributed by atoms with Crippen LogP contribution in [-0.2, 0) is 19.2 Å². The van der Waals surface area contributed by atoms with Crippen LogP contribution in [0, 0.1) is 17.8 Å². The third-order valence-electron chi connectivity index (χ3n) is 5.49. The lowest BCUT2D eigenvalue weighted by Gasteiger charge is -2.29. The smallest absolute Gasteiger partial charge is 0.327 e. The highest BCUT2D eigenvalue weighted by Gasteiger charge is 2.33. The number of rotatable bonds is 14. The van der Waals surface area contributed by atoms with E-state index in [4.69, 9.17) is 5.73 Å². The average molecular weight is 461 g/mol. The number of hydrogen-bond acceptors (Lipinski definition) is 6. The molecule has 0 radical (unpaired) electrons. The van der Waals surface area contributed by atoms with Crippen molar-refractivity contribution in [3.05, 3.63) is 0 Å². The van der Waals surface area contributed by atoms with Crippen LogP contribution in [0.15, 0.2) is 0 Å². The second-order valence-corrected chi connectivity index (χ2v) is 8.92. The van der Waals surface area contributed by atoms with E-state index in [-0.39, 0.29) is 23.5 Å². The van der Waals surface area contributed by atoms with Gasteiger partial charge in [0.05, 0.1) is 6.04 Å². The molecule has 0 aliphatic rings. The number of carbonyl (C=O) groups is 4. The van der Waals surface area contributed by atoms with Gasteiger partial charge in [-0.1, -0.05) is 54.4 Å². The zero-order valence-corrected chi connectivity index (χ0v) is 20.4. The summed E-state index contributed by atoms with van der Waals surface area (Å²) in [6.07, 6.45) is 1.67. The van der Waals surface area contributed by atoms with Gasteiger partial charge in [0.1, 0.15) is 18.1 Å². The highest BCUT2D eigenvalue weighted by Crippen LogP contribution is 2.12. The minimum absolute atomic E-state index is 0.0458. The quantitative estimate of drug-likeness (QED) is 0.212. The molecule has 0 aliphatic heterocycles. The van der Waals surface area contributed by atoms with Crippen LogP contribution in [0.5, 0.6) is 0 Å². The van der Waals surface area contributed by atoms with E-state index in [2.05, 4.69) is 28.6 Å². The molecule has 0 heterocycles. The van der Waals surface area contributed by atoms with E-state index in [0.29, 0.717) is 12.8 Å². The molecule has 9 nitrogen and oxygen atoms in total. The molecule has 0 saturated carbocycles. The second-order valence-electron chi connectivity index (χ2n) is 8.56. The maximum absolute atomic E-state index is 13.0. The summed E-state index contributed by atoms with van der Waals surface area (Å²) in [5, 5.41) is 17.0. The van der Waals surface area contributed by atoms with Gasteiger partial charge in [0.2, 0.25) is 17.7 Å². The summed E-state index contributed by atoms with van der Waals surface area (Å²) < 4.78 is 0. The van der Waals surface area contributed by atoms with Gasteiger partial charge in [-0.15, -0.1) is 0 Å². The highest BCUT2D eigenvalue weighted by atomic mass is 32.1. The zero-order valence-electron chi connectivity index (χ0n) is 19.5. The van der Waals surface area contributed by atoms with E-state index < -0.39 is 47.9 Å². The molecule has 0 rings (SSSR count). The minimum Gasteiger partial charge on any atom is -0.480 e. The minimum atomic E-state index is -1.21. The van der Waals surface area contributed by atoms with Gasteiger partial charge >= 0.3 is 5.97 Å². The first-order valence-electron chi connectivity index (χ1n) is 10.9. The maximum atomic E-state index is 13.0. The maximum Gasteiger partial charge on any atom is 0.327 e. The van der Waals surface area contributed by atoms with Crippen LogP contribution in [0.3, 0.4) is 0 Å². The van der Waals surface area contributed by atoms with Crippen molar-refractivity contribution in [2.24, 2.45) is 23.5 Å². The molecule has 0 aliphatic carbocycles. The number of carboxylic acid groups (broad SMARTS) is 1. The lowest BCUT2D eigenvalue weighted by molar-refractivity contribution is -0.142. The lowest BCUT2D eigenvalue weighted by Crippen LogP contribution is -2.59. The fraction of sp³-hybridized carbons (Fsp3) is 0.810. The molecule has 0 aromatic carbocycles. The molecule has 0 saturated heterocycles. The standard InChI is InChI=1S/C21H40N4O5S/c1-7-12(5)16(22)19(27)23-14(9-11(3)4)18(26)25-17(13(6)8-2)20(28)24-15(10-31)21(29)30/h11-17,31H,7-10,22H2,1-6H3,(H,23,27)(H,24,28)(H,25,26)(H,29,30). The second kappa shape index (κ2) is 14.3. The molecule has 6 unspecified atom stereocenters. The van der Waals surface area contributed by atoms with E-state index in [1.165, 1.54) is 0 Å². The SMILES string of the molecule is CCC(C)C(N)C(=O)NC(CC(C)C)C(=O)NC(C(=O)NC(CS)C(=O)O)C(C)CC. The Kier molecular flexibility index (Phi) is 13.5. The van der Waals surface area contributed by atoms with Crippen LogP contribution in [-0.4, -0.2) is 58.7 Å². The molecule has 180 valence electrons. The van der Waals surface area contributed by atoms with Gasteiger partial charge in [0.15, 0.2) is 0 Å². The molecule has 10 heteroatoms. The number of hydrogen-bond donors (Lipinski definition) is 6. The molecule has 0 aromatic rings. The van der Waals surface area contributed by atoms with Crippen LogP contribution < -0.4 is 21.7 Å². The lowest BCUT2D eigenvalue weighted by atomic mass is 9.95. The van der Waals surface area contributed by atoms with Crippen LogP contribution in [0.1, 0.15) is 60.8 Å². The number of thiol groups is 1. The Hall–Kier alpha value is -1.81. The van der Waals surface area contributed by atoms with Crippen LogP contribution in [0.4, 0.5) is 0 Å². The first-order valence-corrected chi connectivity index (χ1v) is 11.5. The molecule has 0 aromatic heterocycles. The van der Waals surface area contributed by atoms with Gasteiger partial charge < -0.3 is 26.8 Å². The molecule has 3 amide bonds. The van der Waals surface area contributed by atoms with Crippen molar-refractivity contribution in [2.45, 2.75) is 85.0 Å². The number of amides is 3. The van der Waals surface area contributed by atoms with E-state index in [9.17, 15) is 24.3 Å². The van der Waals surface area contributed by atoms with Gasteiger partial charge in [-0.3, -0.25) is 14.4 Å². The molecule has 0 fully saturated rings. The van der Waals surface area contributed by atoms with E-state index >= 15 is 0 Å². The van der Waals surface area contributed by atoms with Crippen molar-refractivity contribution >= 4 is 36.3 Å². The van der Waals surface area contributed by atoms with E-state index in [0.717, 1.165) is 6.42 Å². The summed E-state index contributed by atoms with van der Waals surface area (Å²) in [6.45, 7) is 11.3. The molecule has 6 N–H and O–H groups in total. The highest BCUT2D eigenvalue weighted by molar-refractivity contribution is 7.80. The summed E-state index contributed by atoms with van der Waals surface area (Å²) >= 11 is 3.95. The van der Waals surface area contributed by atoms with Gasteiger partial charge in [-0.25, -0.2) is 4.79 Å².